The molecule has 0 atom stereocenters. The summed E-state index contributed by atoms with van der Waals surface area (Å²) in [5.74, 6) is -3.46. The lowest BCUT2D eigenvalue weighted by Crippen LogP contribution is -2.49. The predicted octanol–water partition coefficient (Wildman–Crippen LogP) is 5.97. The van der Waals surface area contributed by atoms with Gasteiger partial charge in [0.2, 0.25) is 0 Å². The fourth-order valence-electron chi connectivity index (χ4n) is 3.73. The van der Waals surface area contributed by atoms with Crippen molar-refractivity contribution in [3.63, 3.8) is 0 Å². The highest BCUT2D eigenvalue weighted by atomic mass is 35.5. The number of nitro benzene ring substituents is 2. The zero-order valence-corrected chi connectivity index (χ0v) is 21.0. The lowest BCUT2D eigenvalue weighted by molar-refractivity contribution is -0.385. The first-order valence-corrected chi connectivity index (χ1v) is 11.5. The van der Waals surface area contributed by atoms with Crippen molar-refractivity contribution in [1.82, 2.24) is 10.0 Å². The van der Waals surface area contributed by atoms with Gasteiger partial charge in [-0.1, -0.05) is 76.7 Å². The molecule has 1 aliphatic rings. The molecule has 15 heteroatoms. The Bertz CT molecular complexity index is 1500. The summed E-state index contributed by atoms with van der Waals surface area (Å²) in [7, 11) is 0. The highest BCUT2D eigenvalue weighted by molar-refractivity contribution is 6.55. The lowest BCUT2D eigenvalue weighted by atomic mass is 10.1. The third kappa shape index (κ3) is 4.36. The minimum absolute atomic E-state index is 0.0794. The standard InChI is InChI=1S/C22H10Cl4N4O7/c23-16-14-15(17(24)19(26)18(16)25)22(33)28(21(14)32)27(9-10-5-1-3-7-12(10)29(34)35)20(31)11-6-2-4-8-13(11)30(36)37/h1-8H,9H2. The number of fused-ring (bicyclic) bond motifs is 1. The van der Waals surface area contributed by atoms with Crippen molar-refractivity contribution < 1.29 is 24.2 Å². The minimum Gasteiger partial charge on any atom is -0.267 e. The van der Waals surface area contributed by atoms with E-state index in [0.29, 0.717) is 10.0 Å². The number of para-hydroxylation sites is 2. The molecule has 0 unspecified atom stereocenters. The molecular weight excluding hydrogens is 574 g/mol. The normalized spacial score (nSPS) is 12.5. The summed E-state index contributed by atoms with van der Waals surface area (Å²) in [6, 6.07) is 10.1. The second kappa shape index (κ2) is 9.94. The molecule has 0 fully saturated rings. The van der Waals surface area contributed by atoms with Gasteiger partial charge < -0.3 is 0 Å². The molecule has 0 N–H and O–H groups in total. The largest absolute Gasteiger partial charge is 0.282 e. The third-order valence-electron chi connectivity index (χ3n) is 5.40. The molecule has 0 saturated heterocycles. The number of hydrazine groups is 1. The van der Waals surface area contributed by atoms with Gasteiger partial charge in [0, 0.05) is 12.1 Å². The Labute approximate surface area is 226 Å². The molecule has 37 heavy (non-hydrogen) atoms. The van der Waals surface area contributed by atoms with Crippen molar-refractivity contribution in [3.8, 4) is 0 Å². The number of benzene rings is 3. The number of amides is 3. The van der Waals surface area contributed by atoms with Crippen molar-refractivity contribution in [2.75, 3.05) is 0 Å². The number of hydrogen-bond donors (Lipinski definition) is 0. The van der Waals surface area contributed by atoms with Crippen molar-refractivity contribution >= 4 is 75.5 Å². The van der Waals surface area contributed by atoms with Gasteiger partial charge in [-0.25, -0.2) is 5.01 Å². The van der Waals surface area contributed by atoms with E-state index in [1.165, 1.54) is 30.3 Å². The first kappa shape index (κ1) is 26.3. The number of carbonyl (C=O) groups excluding carboxylic acids is 3. The maximum absolute atomic E-state index is 13.7. The highest BCUT2D eigenvalue weighted by Gasteiger charge is 2.47. The molecule has 11 nitrogen and oxygen atoms in total. The van der Waals surface area contributed by atoms with E-state index in [1.54, 1.807) is 0 Å². The van der Waals surface area contributed by atoms with E-state index >= 15 is 0 Å². The van der Waals surface area contributed by atoms with E-state index in [0.717, 1.165) is 18.2 Å². The summed E-state index contributed by atoms with van der Waals surface area (Å²) >= 11 is 24.5. The summed E-state index contributed by atoms with van der Waals surface area (Å²) in [5.41, 5.74) is -2.52. The van der Waals surface area contributed by atoms with Crippen LogP contribution >= 0.6 is 46.4 Å². The first-order chi connectivity index (χ1) is 17.5. The maximum atomic E-state index is 13.7. The molecule has 1 heterocycles. The van der Waals surface area contributed by atoms with Gasteiger partial charge in [-0.15, -0.1) is 0 Å². The Balaban J connectivity index is 1.93. The number of rotatable bonds is 6. The SMILES string of the molecule is O=C(c1ccccc1[N+](=O)[O-])N(Cc1ccccc1[N+](=O)[O-])N1C(=O)c2c(Cl)c(Cl)c(Cl)c(Cl)c2C1=O. The van der Waals surface area contributed by atoms with Crippen LogP contribution in [0.1, 0.15) is 36.6 Å². The number of halogens is 4. The van der Waals surface area contributed by atoms with E-state index in [2.05, 4.69) is 0 Å². The number of nitro groups is 2. The van der Waals surface area contributed by atoms with E-state index in [4.69, 9.17) is 46.4 Å². The summed E-state index contributed by atoms with van der Waals surface area (Å²) in [6.45, 7) is -0.704. The molecule has 0 bridgehead atoms. The average Bonchev–Trinajstić information content (AvgIpc) is 3.14. The van der Waals surface area contributed by atoms with Crippen LogP contribution in [0.2, 0.25) is 20.1 Å². The molecular formula is C22H10Cl4N4O7. The molecule has 4 rings (SSSR count). The van der Waals surface area contributed by atoms with Crippen LogP contribution in [-0.4, -0.2) is 37.6 Å². The van der Waals surface area contributed by atoms with Gasteiger partial charge in [0.15, 0.2) is 0 Å². The number of imide groups is 1. The van der Waals surface area contributed by atoms with Gasteiger partial charge in [-0.05, 0) is 6.07 Å². The smallest absolute Gasteiger partial charge is 0.267 e. The Morgan fingerprint density at radius 2 is 1.22 bits per heavy atom. The van der Waals surface area contributed by atoms with Crippen LogP contribution in [0, 0.1) is 20.2 Å². The van der Waals surface area contributed by atoms with E-state index < -0.39 is 72.2 Å². The third-order valence-corrected chi connectivity index (χ3v) is 7.20. The molecule has 3 aromatic carbocycles. The maximum Gasteiger partial charge on any atom is 0.282 e. The molecule has 3 aromatic rings. The molecule has 188 valence electrons. The van der Waals surface area contributed by atoms with Crippen LogP contribution in [0.15, 0.2) is 48.5 Å². The summed E-state index contributed by atoms with van der Waals surface area (Å²) in [4.78, 5) is 62.2. The molecule has 0 aliphatic carbocycles. The summed E-state index contributed by atoms with van der Waals surface area (Å²) in [6.07, 6.45) is 0. The Kier molecular flexibility index (Phi) is 7.07. The van der Waals surface area contributed by atoms with Gasteiger partial charge >= 0.3 is 0 Å². The van der Waals surface area contributed by atoms with Crippen LogP contribution < -0.4 is 0 Å². The monoisotopic (exact) mass is 582 g/mol. The second-order valence-corrected chi connectivity index (χ2v) is 8.96. The topological polar surface area (TPSA) is 144 Å². The van der Waals surface area contributed by atoms with Gasteiger partial charge in [0.05, 0.1) is 53.2 Å². The van der Waals surface area contributed by atoms with E-state index in [1.807, 2.05) is 0 Å². The number of nitrogens with zero attached hydrogens (tertiary/aromatic N) is 4. The van der Waals surface area contributed by atoms with Crippen molar-refractivity contribution in [3.05, 3.63) is 111 Å². The van der Waals surface area contributed by atoms with Crippen molar-refractivity contribution in [2.24, 2.45) is 0 Å². The molecule has 3 amide bonds. The zero-order valence-electron chi connectivity index (χ0n) is 18.0. The van der Waals surface area contributed by atoms with E-state index in [9.17, 15) is 34.6 Å². The summed E-state index contributed by atoms with van der Waals surface area (Å²) < 4.78 is 0. The fourth-order valence-corrected chi connectivity index (χ4v) is 4.74. The van der Waals surface area contributed by atoms with Crippen LogP contribution in [0.5, 0.6) is 0 Å². The second-order valence-electron chi connectivity index (χ2n) is 7.45. The molecule has 0 spiro atoms. The van der Waals surface area contributed by atoms with Crippen LogP contribution in [-0.2, 0) is 6.54 Å². The van der Waals surface area contributed by atoms with Gasteiger partial charge in [0.1, 0.15) is 5.56 Å². The first-order valence-electron chi connectivity index (χ1n) is 9.99. The zero-order chi connectivity index (χ0) is 27.2. The van der Waals surface area contributed by atoms with Gasteiger partial charge in [-0.3, -0.25) is 34.6 Å². The minimum atomic E-state index is -1.18. The predicted molar refractivity (Wildman–Crippen MR) is 133 cm³/mol. The number of carbonyl (C=O) groups is 3. The van der Waals surface area contributed by atoms with Gasteiger partial charge in [-0.2, -0.15) is 5.01 Å². The van der Waals surface area contributed by atoms with Crippen LogP contribution in [0.25, 0.3) is 0 Å². The fraction of sp³-hybridized carbons (Fsp3) is 0.0455. The number of hydrogen-bond acceptors (Lipinski definition) is 7. The lowest BCUT2D eigenvalue weighted by Gasteiger charge is -2.30. The Morgan fingerprint density at radius 3 is 1.73 bits per heavy atom. The molecule has 0 saturated carbocycles. The molecule has 0 aromatic heterocycles. The average molecular weight is 584 g/mol. The molecule has 1 aliphatic heterocycles. The van der Waals surface area contributed by atoms with Crippen molar-refractivity contribution in [2.45, 2.75) is 6.54 Å². The Morgan fingerprint density at radius 1 is 0.757 bits per heavy atom. The quantitative estimate of drug-likeness (QED) is 0.114. The molecule has 0 radical (unpaired) electrons. The van der Waals surface area contributed by atoms with E-state index in [-0.39, 0.29) is 15.6 Å². The highest BCUT2D eigenvalue weighted by Crippen LogP contribution is 2.45. The van der Waals surface area contributed by atoms with Crippen LogP contribution in [0.3, 0.4) is 0 Å². The van der Waals surface area contributed by atoms with Gasteiger partial charge in [0.25, 0.3) is 29.1 Å². The van der Waals surface area contributed by atoms with Crippen LogP contribution in [0.4, 0.5) is 11.4 Å². The Hall–Kier alpha value is -3.77. The van der Waals surface area contributed by atoms with Crippen molar-refractivity contribution in [1.29, 1.82) is 0 Å². The summed E-state index contributed by atoms with van der Waals surface area (Å²) in [5, 5.41) is 22.6.